The monoisotopic (exact) mass is 130 g/mol. The molecule has 1 aromatic heterocycles. The first-order valence-corrected chi connectivity index (χ1v) is 2.77. The van der Waals surface area contributed by atoms with Gasteiger partial charge in [0.05, 0.1) is 11.9 Å². The molecule has 0 aromatic carbocycles. The smallest absolute Gasteiger partial charge is 0.292 e. The molecule has 1 rings (SSSR count). The van der Waals surface area contributed by atoms with Crippen LogP contribution in [0.2, 0.25) is 0 Å². The number of rotatable bonds is 1. The Kier molecular flexibility index (Phi) is 1.43. The van der Waals surface area contributed by atoms with Crippen LogP contribution in [0, 0.1) is 0 Å². The van der Waals surface area contributed by atoms with Crippen molar-refractivity contribution in [2.75, 3.05) is 5.73 Å². The van der Waals surface area contributed by atoms with Gasteiger partial charge in [-0.1, -0.05) is 0 Å². The highest BCUT2D eigenvalue weighted by molar-refractivity contribution is 7.79. The Bertz CT molecular complexity index is 174. The minimum Gasteiger partial charge on any atom is -0.428 e. The topological polar surface area (TPSA) is 52.0 Å². The fourth-order valence-corrected chi connectivity index (χ4v) is 0.542. The molecule has 0 fully saturated rings. The molecule has 0 saturated carbocycles. The maximum Gasteiger partial charge on any atom is 0.292 e. The summed E-state index contributed by atoms with van der Waals surface area (Å²) >= 11 is 3.93. The summed E-state index contributed by atoms with van der Waals surface area (Å²) in [6.45, 7) is 0. The van der Waals surface area contributed by atoms with Gasteiger partial charge in [0.25, 0.3) is 6.01 Å². The number of nitrogens with zero attached hydrogens (tertiary/aromatic N) is 1. The molecule has 2 N–H and O–H groups in total. The van der Waals surface area contributed by atoms with Gasteiger partial charge in [-0.15, -0.1) is 0 Å². The van der Waals surface area contributed by atoms with Crippen LogP contribution in [-0.4, -0.2) is 4.98 Å². The fourth-order valence-electron chi connectivity index (χ4n) is 0.396. The number of hydrogen-bond donors (Lipinski definition) is 2. The minimum absolute atomic E-state index is 0.203. The van der Waals surface area contributed by atoms with Crippen LogP contribution in [-0.2, 0) is 5.75 Å². The molecule has 3 nitrogen and oxygen atoms in total. The Balaban J connectivity index is 2.84. The number of nitrogen functional groups attached to an aromatic ring is 1. The van der Waals surface area contributed by atoms with E-state index in [0.29, 0.717) is 11.5 Å². The number of thiol groups is 1. The van der Waals surface area contributed by atoms with Crippen molar-refractivity contribution in [3.05, 3.63) is 12.0 Å². The molecule has 44 valence electrons. The first-order valence-electron chi connectivity index (χ1n) is 2.14. The van der Waals surface area contributed by atoms with E-state index in [1.54, 1.807) is 6.20 Å². The molecule has 0 aliphatic carbocycles. The van der Waals surface area contributed by atoms with Crippen molar-refractivity contribution in [3.63, 3.8) is 0 Å². The van der Waals surface area contributed by atoms with Gasteiger partial charge in [-0.05, 0) is 0 Å². The lowest BCUT2D eigenvalue weighted by Gasteiger charge is -1.79. The Labute approximate surface area is 52.3 Å². The highest BCUT2D eigenvalue weighted by atomic mass is 32.1. The predicted molar refractivity (Wildman–Crippen MR) is 33.6 cm³/mol. The summed E-state index contributed by atoms with van der Waals surface area (Å²) in [7, 11) is 0. The van der Waals surface area contributed by atoms with Gasteiger partial charge >= 0.3 is 0 Å². The van der Waals surface area contributed by atoms with E-state index in [0.717, 1.165) is 0 Å². The highest BCUT2D eigenvalue weighted by Gasteiger charge is 1.93. The summed E-state index contributed by atoms with van der Waals surface area (Å²) in [6, 6.07) is 0.203. The molecular formula is C4H6N2OS. The molecule has 0 unspecified atom stereocenters. The average molecular weight is 130 g/mol. The zero-order valence-corrected chi connectivity index (χ0v) is 5.06. The molecule has 1 heterocycles. The van der Waals surface area contributed by atoms with Crippen LogP contribution in [0.15, 0.2) is 10.6 Å². The SMILES string of the molecule is Nc1ncc(CS)o1. The lowest BCUT2D eigenvalue weighted by atomic mass is 10.6. The zero-order chi connectivity index (χ0) is 5.98. The first kappa shape index (κ1) is 5.50. The molecule has 0 radical (unpaired) electrons. The van der Waals surface area contributed by atoms with Crippen molar-refractivity contribution in [1.29, 1.82) is 0 Å². The molecule has 0 aliphatic heterocycles. The summed E-state index contributed by atoms with van der Waals surface area (Å²) < 4.78 is 4.82. The van der Waals surface area contributed by atoms with Gasteiger partial charge in [-0.2, -0.15) is 12.6 Å². The van der Waals surface area contributed by atoms with Crippen molar-refractivity contribution < 1.29 is 4.42 Å². The highest BCUT2D eigenvalue weighted by Crippen LogP contribution is 2.05. The molecule has 1 aromatic rings. The molecule has 8 heavy (non-hydrogen) atoms. The zero-order valence-electron chi connectivity index (χ0n) is 4.16. The summed E-state index contributed by atoms with van der Waals surface area (Å²) in [5.41, 5.74) is 5.14. The molecule has 0 spiro atoms. The normalized spacial score (nSPS) is 9.62. The van der Waals surface area contributed by atoms with Crippen LogP contribution in [0.25, 0.3) is 0 Å². The van der Waals surface area contributed by atoms with E-state index in [1.807, 2.05) is 0 Å². The van der Waals surface area contributed by atoms with E-state index in [-0.39, 0.29) is 6.01 Å². The summed E-state index contributed by atoms with van der Waals surface area (Å²) in [5.74, 6) is 1.25. The molecule has 4 heteroatoms. The average Bonchev–Trinajstić information content (AvgIpc) is 2.14. The lowest BCUT2D eigenvalue weighted by Crippen LogP contribution is -1.79. The van der Waals surface area contributed by atoms with E-state index in [1.165, 1.54) is 0 Å². The Morgan fingerprint density at radius 2 is 2.62 bits per heavy atom. The maximum atomic E-state index is 5.14. The van der Waals surface area contributed by atoms with E-state index in [9.17, 15) is 0 Å². The van der Waals surface area contributed by atoms with E-state index in [4.69, 9.17) is 10.2 Å². The Hall–Kier alpha value is -0.640. The van der Waals surface area contributed by atoms with Crippen molar-refractivity contribution in [2.24, 2.45) is 0 Å². The van der Waals surface area contributed by atoms with Gasteiger partial charge in [-0.25, -0.2) is 4.98 Å². The fraction of sp³-hybridized carbons (Fsp3) is 0.250. The van der Waals surface area contributed by atoms with Gasteiger partial charge in [0.15, 0.2) is 0 Å². The van der Waals surface area contributed by atoms with Crippen LogP contribution in [0.1, 0.15) is 5.76 Å². The number of hydrogen-bond acceptors (Lipinski definition) is 4. The third kappa shape index (κ3) is 0.949. The molecule has 0 bridgehead atoms. The second-order valence-corrected chi connectivity index (χ2v) is 1.64. The molecule has 0 atom stereocenters. The number of nitrogens with two attached hydrogens (primary N) is 1. The largest absolute Gasteiger partial charge is 0.428 e. The van der Waals surface area contributed by atoms with Crippen molar-refractivity contribution >= 4 is 18.6 Å². The Morgan fingerprint density at radius 3 is 2.88 bits per heavy atom. The quantitative estimate of drug-likeness (QED) is 0.550. The van der Waals surface area contributed by atoms with E-state index < -0.39 is 0 Å². The second-order valence-electron chi connectivity index (χ2n) is 1.32. The summed E-state index contributed by atoms with van der Waals surface area (Å²) in [6.07, 6.45) is 1.56. The number of anilines is 1. The van der Waals surface area contributed by atoms with Gasteiger partial charge in [0.1, 0.15) is 5.76 Å². The Morgan fingerprint density at radius 1 is 1.88 bits per heavy atom. The van der Waals surface area contributed by atoms with Crippen molar-refractivity contribution in [3.8, 4) is 0 Å². The maximum absolute atomic E-state index is 5.14. The molecular weight excluding hydrogens is 124 g/mol. The van der Waals surface area contributed by atoms with Crippen LogP contribution < -0.4 is 5.73 Å². The third-order valence-electron chi connectivity index (χ3n) is 0.727. The third-order valence-corrected chi connectivity index (χ3v) is 1.04. The molecule has 0 amide bonds. The summed E-state index contributed by atoms with van der Waals surface area (Å²) in [5, 5.41) is 0. The second kappa shape index (κ2) is 2.09. The summed E-state index contributed by atoms with van der Waals surface area (Å²) in [4.78, 5) is 3.65. The van der Waals surface area contributed by atoms with Gasteiger partial charge < -0.3 is 10.2 Å². The molecule has 0 aliphatic rings. The van der Waals surface area contributed by atoms with Gasteiger partial charge in [-0.3, -0.25) is 0 Å². The van der Waals surface area contributed by atoms with Crippen LogP contribution >= 0.6 is 12.6 Å². The van der Waals surface area contributed by atoms with E-state index >= 15 is 0 Å². The van der Waals surface area contributed by atoms with Crippen molar-refractivity contribution in [2.45, 2.75) is 5.75 Å². The van der Waals surface area contributed by atoms with Gasteiger partial charge in [0.2, 0.25) is 0 Å². The predicted octanol–water partition coefficient (Wildman–Crippen LogP) is 0.687. The number of aromatic nitrogens is 1. The minimum atomic E-state index is 0.203. The van der Waals surface area contributed by atoms with E-state index in [2.05, 4.69) is 17.6 Å². The molecule has 0 saturated heterocycles. The van der Waals surface area contributed by atoms with Crippen LogP contribution in [0.4, 0.5) is 6.01 Å². The van der Waals surface area contributed by atoms with Crippen molar-refractivity contribution in [1.82, 2.24) is 4.98 Å². The first-order chi connectivity index (χ1) is 3.83. The van der Waals surface area contributed by atoms with Crippen LogP contribution in [0.5, 0.6) is 0 Å². The van der Waals surface area contributed by atoms with Gasteiger partial charge in [0, 0.05) is 0 Å². The standard InChI is InChI=1S/C4H6N2OS/c5-4-6-1-3(2-8)7-4/h1,8H,2H2,(H2,5,6). The number of oxazole rings is 1. The lowest BCUT2D eigenvalue weighted by molar-refractivity contribution is 0.544. The van der Waals surface area contributed by atoms with Crippen LogP contribution in [0.3, 0.4) is 0 Å².